The number of nitrogens with zero attached hydrogens (tertiary/aromatic N) is 2. The van der Waals surface area contributed by atoms with E-state index >= 15 is 0 Å². The van der Waals surface area contributed by atoms with Crippen molar-refractivity contribution in [2.24, 2.45) is 16.5 Å². The van der Waals surface area contributed by atoms with Crippen molar-refractivity contribution in [1.29, 1.82) is 0 Å². The van der Waals surface area contributed by atoms with E-state index in [-0.39, 0.29) is 5.41 Å². The Kier molecular flexibility index (Phi) is 2.35. The quantitative estimate of drug-likeness (QED) is 0.623. The summed E-state index contributed by atoms with van der Waals surface area (Å²) >= 11 is 0. The van der Waals surface area contributed by atoms with Gasteiger partial charge >= 0.3 is 0 Å². The van der Waals surface area contributed by atoms with Gasteiger partial charge in [-0.3, -0.25) is 4.90 Å². The molecule has 78 valence electrons. The van der Waals surface area contributed by atoms with Gasteiger partial charge in [0.15, 0.2) is 0 Å². The molecule has 0 aliphatic carbocycles. The molecule has 0 aromatic carbocycles. The van der Waals surface area contributed by atoms with Crippen molar-refractivity contribution in [2.75, 3.05) is 26.2 Å². The second-order valence-electron chi connectivity index (χ2n) is 4.84. The van der Waals surface area contributed by atoms with E-state index < -0.39 is 0 Å². The van der Waals surface area contributed by atoms with E-state index in [0.717, 1.165) is 26.2 Å². The van der Waals surface area contributed by atoms with Crippen LogP contribution in [0.1, 0.15) is 13.8 Å². The fourth-order valence-electron chi connectivity index (χ4n) is 2.50. The highest BCUT2D eigenvalue weighted by molar-refractivity contribution is 5.93. The van der Waals surface area contributed by atoms with E-state index in [0.29, 0.717) is 5.92 Å². The molecule has 14 heavy (non-hydrogen) atoms. The van der Waals surface area contributed by atoms with Gasteiger partial charge in [-0.25, -0.2) is 0 Å². The number of oxime groups is 1. The number of hydrogen-bond acceptors (Lipinski definition) is 3. The second-order valence-corrected chi connectivity index (χ2v) is 4.84. The molecule has 2 rings (SSSR count). The zero-order valence-corrected chi connectivity index (χ0v) is 8.99. The number of rotatable bonds is 2. The van der Waals surface area contributed by atoms with Gasteiger partial charge in [0.25, 0.3) is 0 Å². The van der Waals surface area contributed by atoms with Crippen molar-refractivity contribution >= 4 is 5.71 Å². The van der Waals surface area contributed by atoms with Crippen LogP contribution >= 0.6 is 0 Å². The molecule has 0 spiro atoms. The first-order valence-corrected chi connectivity index (χ1v) is 5.17. The summed E-state index contributed by atoms with van der Waals surface area (Å²) in [5.74, 6) is 0.499. The normalized spacial score (nSPS) is 30.4. The Labute approximate surface area is 85.4 Å². The zero-order valence-electron chi connectivity index (χ0n) is 8.99. The molecule has 1 saturated heterocycles. The summed E-state index contributed by atoms with van der Waals surface area (Å²) < 4.78 is 0. The van der Waals surface area contributed by atoms with Crippen LogP contribution in [0.25, 0.3) is 0 Å². The Morgan fingerprint density at radius 2 is 2.50 bits per heavy atom. The van der Waals surface area contributed by atoms with Gasteiger partial charge in [-0.05, 0) is 0 Å². The molecule has 1 fully saturated rings. The summed E-state index contributed by atoms with van der Waals surface area (Å²) in [5.41, 5.74) is 1.40. The van der Waals surface area contributed by atoms with Gasteiger partial charge in [0, 0.05) is 25.0 Å². The van der Waals surface area contributed by atoms with Gasteiger partial charge in [0.2, 0.25) is 0 Å². The van der Waals surface area contributed by atoms with Crippen LogP contribution in [0.4, 0.5) is 0 Å². The van der Waals surface area contributed by atoms with Gasteiger partial charge in [-0.1, -0.05) is 25.1 Å². The molecule has 0 bridgehead atoms. The molecule has 3 nitrogen and oxygen atoms in total. The Morgan fingerprint density at radius 1 is 1.71 bits per heavy atom. The Hall–Kier alpha value is -0.830. The van der Waals surface area contributed by atoms with Gasteiger partial charge in [-0.2, -0.15) is 0 Å². The molecule has 2 aliphatic rings. The van der Waals surface area contributed by atoms with Crippen molar-refractivity contribution in [1.82, 2.24) is 4.90 Å². The molecule has 0 radical (unpaired) electrons. The van der Waals surface area contributed by atoms with E-state index in [1.54, 1.807) is 0 Å². The molecule has 0 N–H and O–H groups in total. The van der Waals surface area contributed by atoms with Crippen LogP contribution in [-0.4, -0.2) is 36.9 Å². The summed E-state index contributed by atoms with van der Waals surface area (Å²) in [7, 11) is 0. The van der Waals surface area contributed by atoms with Crippen molar-refractivity contribution in [2.45, 2.75) is 13.8 Å². The molecule has 2 heterocycles. The average Bonchev–Trinajstić information content (AvgIpc) is 2.52. The van der Waals surface area contributed by atoms with E-state index in [4.69, 9.17) is 4.84 Å². The maximum absolute atomic E-state index is 5.19. The maximum Gasteiger partial charge on any atom is 0.126 e. The average molecular weight is 194 g/mol. The fraction of sp³-hybridized carbons (Fsp3) is 0.727. The SMILES string of the molecule is C=CCN1CC2CON=C2C(C)(C)C1. The monoisotopic (exact) mass is 194 g/mol. The first-order valence-electron chi connectivity index (χ1n) is 5.17. The van der Waals surface area contributed by atoms with Gasteiger partial charge in [0.1, 0.15) is 6.61 Å². The molecule has 1 atom stereocenters. The summed E-state index contributed by atoms with van der Waals surface area (Å²) in [4.78, 5) is 7.61. The van der Waals surface area contributed by atoms with Gasteiger partial charge in [0.05, 0.1) is 11.6 Å². The van der Waals surface area contributed by atoms with E-state index in [1.807, 2.05) is 6.08 Å². The Morgan fingerprint density at radius 3 is 3.21 bits per heavy atom. The molecule has 1 unspecified atom stereocenters. The lowest BCUT2D eigenvalue weighted by Gasteiger charge is -2.40. The van der Waals surface area contributed by atoms with Crippen molar-refractivity contribution in [3.05, 3.63) is 12.7 Å². The molecular weight excluding hydrogens is 176 g/mol. The summed E-state index contributed by atoms with van der Waals surface area (Å²) in [6.07, 6.45) is 1.97. The minimum Gasteiger partial charge on any atom is -0.395 e. The van der Waals surface area contributed by atoms with Crippen molar-refractivity contribution < 1.29 is 4.84 Å². The lowest BCUT2D eigenvalue weighted by molar-refractivity contribution is 0.132. The predicted molar refractivity (Wildman–Crippen MR) is 57.3 cm³/mol. The lowest BCUT2D eigenvalue weighted by atomic mass is 9.77. The van der Waals surface area contributed by atoms with Crippen LogP contribution in [0.3, 0.4) is 0 Å². The minimum atomic E-state index is 0.155. The molecule has 2 aliphatic heterocycles. The largest absolute Gasteiger partial charge is 0.395 e. The van der Waals surface area contributed by atoms with Crippen LogP contribution in [0.5, 0.6) is 0 Å². The standard InChI is InChI=1S/C11H18N2O/c1-4-5-13-6-9-7-14-12-10(9)11(2,3)8-13/h4,9H,1,5-8H2,2-3H3. The topological polar surface area (TPSA) is 24.8 Å². The minimum absolute atomic E-state index is 0.155. The highest BCUT2D eigenvalue weighted by Gasteiger charge is 2.41. The van der Waals surface area contributed by atoms with Gasteiger partial charge < -0.3 is 4.84 Å². The summed E-state index contributed by atoms with van der Waals surface area (Å²) in [5, 5.41) is 4.17. The maximum atomic E-state index is 5.19. The molecular formula is C11H18N2O. The molecule has 0 saturated carbocycles. The summed E-state index contributed by atoms with van der Waals surface area (Å²) in [6, 6.07) is 0. The van der Waals surface area contributed by atoms with Crippen LogP contribution in [-0.2, 0) is 4.84 Å². The predicted octanol–water partition coefficient (Wildman–Crippen LogP) is 1.52. The Bertz CT molecular complexity index is 270. The highest BCUT2D eigenvalue weighted by atomic mass is 16.6. The third-order valence-electron chi connectivity index (χ3n) is 3.00. The third kappa shape index (κ3) is 1.57. The number of hydrogen-bond donors (Lipinski definition) is 0. The smallest absolute Gasteiger partial charge is 0.126 e. The van der Waals surface area contributed by atoms with Crippen molar-refractivity contribution in [3.63, 3.8) is 0 Å². The van der Waals surface area contributed by atoms with Crippen LogP contribution in [0.2, 0.25) is 0 Å². The third-order valence-corrected chi connectivity index (χ3v) is 3.00. The second kappa shape index (κ2) is 3.39. The number of fused-ring (bicyclic) bond motifs is 1. The van der Waals surface area contributed by atoms with Crippen LogP contribution in [0, 0.1) is 11.3 Å². The van der Waals surface area contributed by atoms with Gasteiger partial charge in [-0.15, -0.1) is 6.58 Å². The molecule has 3 heteroatoms. The molecule has 0 amide bonds. The summed E-state index contributed by atoms with van der Waals surface area (Å²) in [6.45, 7) is 12.1. The van der Waals surface area contributed by atoms with Crippen molar-refractivity contribution in [3.8, 4) is 0 Å². The van der Waals surface area contributed by atoms with E-state index in [9.17, 15) is 0 Å². The molecule has 0 aromatic heterocycles. The highest BCUT2D eigenvalue weighted by Crippen LogP contribution is 2.32. The number of piperidine rings is 1. The van der Waals surface area contributed by atoms with E-state index in [2.05, 4.69) is 30.5 Å². The molecule has 0 aromatic rings. The lowest BCUT2D eigenvalue weighted by Crippen LogP contribution is -2.50. The zero-order chi connectivity index (χ0) is 10.2. The van der Waals surface area contributed by atoms with Crippen LogP contribution in [0.15, 0.2) is 17.8 Å². The fourth-order valence-corrected chi connectivity index (χ4v) is 2.50. The van der Waals surface area contributed by atoms with E-state index in [1.165, 1.54) is 5.71 Å². The first-order chi connectivity index (χ1) is 6.63. The van der Waals surface area contributed by atoms with Crippen LogP contribution < -0.4 is 0 Å². The number of likely N-dealkylation sites (tertiary alicyclic amines) is 1. The first kappa shape index (κ1) is 9.71. The Balaban J connectivity index is 2.14.